The number of nitrogens with one attached hydrogen (secondary N) is 1. The Morgan fingerprint density at radius 3 is 2.38 bits per heavy atom. The van der Waals surface area contributed by atoms with E-state index in [0.717, 1.165) is 43.6 Å². The topological polar surface area (TPSA) is 69.6 Å². The summed E-state index contributed by atoms with van der Waals surface area (Å²) in [5.74, 6) is -0.584. The standard InChI is InChI=1S/C21H22N2O3/c24-20(18-13-23-10-8-15(18)9-11-23)22-19-12-16(21(25)26)6-7-17(19)14-4-2-1-3-5-14/h1-7,12,15,18H,8-11,13H2,(H,22,24)(H,25,26)/t18-/m1/s1. The maximum atomic E-state index is 12.9. The normalized spacial score (nSPS) is 24.2. The van der Waals surface area contributed by atoms with Crippen LogP contribution >= 0.6 is 0 Å². The van der Waals surface area contributed by atoms with Crippen LogP contribution in [0, 0.1) is 11.8 Å². The number of amides is 1. The summed E-state index contributed by atoms with van der Waals surface area (Å²) in [5.41, 5.74) is 2.53. The van der Waals surface area contributed by atoms with E-state index in [-0.39, 0.29) is 17.4 Å². The summed E-state index contributed by atoms with van der Waals surface area (Å²) in [6, 6.07) is 14.6. The summed E-state index contributed by atoms with van der Waals surface area (Å²) in [7, 11) is 0. The molecule has 0 saturated carbocycles. The monoisotopic (exact) mass is 350 g/mol. The predicted molar refractivity (Wildman–Crippen MR) is 100 cm³/mol. The Kier molecular flexibility index (Phi) is 4.47. The van der Waals surface area contributed by atoms with Gasteiger partial charge in [0.25, 0.3) is 0 Å². The van der Waals surface area contributed by atoms with Gasteiger partial charge in [0, 0.05) is 17.8 Å². The van der Waals surface area contributed by atoms with Crippen LogP contribution in [-0.2, 0) is 4.79 Å². The van der Waals surface area contributed by atoms with E-state index < -0.39 is 5.97 Å². The lowest BCUT2D eigenvalue weighted by Crippen LogP contribution is -2.51. The average molecular weight is 350 g/mol. The number of hydrogen-bond acceptors (Lipinski definition) is 3. The molecule has 2 aromatic carbocycles. The van der Waals surface area contributed by atoms with Gasteiger partial charge in [-0.1, -0.05) is 36.4 Å². The fourth-order valence-electron chi connectivity index (χ4n) is 4.14. The van der Waals surface area contributed by atoms with Gasteiger partial charge in [-0.25, -0.2) is 4.79 Å². The van der Waals surface area contributed by atoms with E-state index in [1.807, 2.05) is 30.3 Å². The van der Waals surface area contributed by atoms with Crippen molar-refractivity contribution in [2.24, 2.45) is 11.8 Å². The molecule has 5 rings (SSSR count). The first kappa shape index (κ1) is 16.8. The second kappa shape index (κ2) is 6.92. The molecule has 0 unspecified atom stereocenters. The zero-order valence-electron chi connectivity index (χ0n) is 14.5. The zero-order chi connectivity index (χ0) is 18.1. The molecule has 2 N–H and O–H groups in total. The van der Waals surface area contributed by atoms with E-state index in [0.29, 0.717) is 11.6 Å². The molecule has 26 heavy (non-hydrogen) atoms. The van der Waals surface area contributed by atoms with Crippen molar-refractivity contribution in [3.05, 3.63) is 54.1 Å². The second-order valence-electron chi connectivity index (χ2n) is 7.17. The summed E-state index contributed by atoms with van der Waals surface area (Å²) in [6.45, 7) is 2.96. The van der Waals surface area contributed by atoms with Gasteiger partial charge in [-0.15, -0.1) is 0 Å². The molecule has 0 aromatic heterocycles. The molecule has 0 spiro atoms. The van der Waals surface area contributed by atoms with Gasteiger partial charge in [0.05, 0.1) is 11.5 Å². The van der Waals surface area contributed by atoms with Crippen molar-refractivity contribution in [2.45, 2.75) is 12.8 Å². The van der Waals surface area contributed by atoms with E-state index >= 15 is 0 Å². The maximum absolute atomic E-state index is 12.9. The maximum Gasteiger partial charge on any atom is 0.335 e. The molecule has 2 aromatic rings. The second-order valence-corrected chi connectivity index (χ2v) is 7.17. The molecule has 3 saturated heterocycles. The molecule has 3 aliphatic rings. The van der Waals surface area contributed by atoms with Crippen LogP contribution in [0.2, 0.25) is 0 Å². The number of piperidine rings is 3. The molecule has 0 radical (unpaired) electrons. The first-order valence-electron chi connectivity index (χ1n) is 9.08. The van der Waals surface area contributed by atoms with Crippen molar-refractivity contribution in [1.82, 2.24) is 4.90 Å². The van der Waals surface area contributed by atoms with E-state index in [9.17, 15) is 14.7 Å². The Bertz CT molecular complexity index is 826. The Labute approximate surface area is 152 Å². The van der Waals surface area contributed by atoms with E-state index in [4.69, 9.17) is 0 Å². The Balaban J connectivity index is 1.64. The van der Waals surface area contributed by atoms with Gasteiger partial charge in [-0.3, -0.25) is 4.79 Å². The van der Waals surface area contributed by atoms with Crippen LogP contribution in [0.3, 0.4) is 0 Å². The molecule has 1 atom stereocenters. The predicted octanol–water partition coefficient (Wildman–Crippen LogP) is 3.33. The number of fused-ring (bicyclic) bond motifs is 3. The third kappa shape index (κ3) is 3.22. The van der Waals surface area contributed by atoms with Crippen LogP contribution in [0.25, 0.3) is 11.1 Å². The molecule has 0 aliphatic carbocycles. The molecule has 5 nitrogen and oxygen atoms in total. The Morgan fingerprint density at radius 2 is 1.77 bits per heavy atom. The summed E-state index contributed by atoms with van der Waals surface area (Å²) in [6.07, 6.45) is 2.14. The zero-order valence-corrected chi connectivity index (χ0v) is 14.5. The highest BCUT2D eigenvalue weighted by Gasteiger charge is 2.38. The van der Waals surface area contributed by atoms with Crippen LogP contribution in [0.5, 0.6) is 0 Å². The number of anilines is 1. The number of carboxylic acid groups (broad SMARTS) is 1. The Hall–Kier alpha value is -2.66. The van der Waals surface area contributed by atoms with Crippen LogP contribution in [0.1, 0.15) is 23.2 Å². The number of aromatic carboxylic acids is 1. The third-order valence-electron chi connectivity index (χ3n) is 5.60. The highest BCUT2D eigenvalue weighted by Crippen LogP contribution is 2.35. The van der Waals surface area contributed by atoms with Gasteiger partial charge in [-0.2, -0.15) is 0 Å². The summed E-state index contributed by atoms with van der Waals surface area (Å²) < 4.78 is 0. The third-order valence-corrected chi connectivity index (χ3v) is 5.60. The lowest BCUT2D eigenvalue weighted by Gasteiger charge is -2.43. The van der Waals surface area contributed by atoms with Gasteiger partial charge in [0.2, 0.25) is 5.91 Å². The van der Waals surface area contributed by atoms with Gasteiger partial charge in [0.1, 0.15) is 0 Å². The number of benzene rings is 2. The number of carboxylic acids is 1. The summed E-state index contributed by atoms with van der Waals surface area (Å²) >= 11 is 0. The fraction of sp³-hybridized carbons (Fsp3) is 0.333. The van der Waals surface area contributed by atoms with E-state index in [1.54, 1.807) is 18.2 Å². The highest BCUT2D eigenvalue weighted by molar-refractivity contribution is 5.99. The molecular formula is C21H22N2O3. The number of carbonyl (C=O) groups is 2. The molecule has 134 valence electrons. The van der Waals surface area contributed by atoms with Crippen LogP contribution < -0.4 is 5.32 Å². The molecule has 3 aliphatic heterocycles. The molecular weight excluding hydrogens is 328 g/mol. The lowest BCUT2D eigenvalue weighted by atomic mass is 9.78. The summed E-state index contributed by atoms with van der Waals surface area (Å²) in [4.78, 5) is 26.7. The number of nitrogens with zero attached hydrogens (tertiary/aromatic N) is 1. The quantitative estimate of drug-likeness (QED) is 0.887. The van der Waals surface area contributed by atoms with E-state index in [2.05, 4.69) is 10.2 Å². The molecule has 1 amide bonds. The van der Waals surface area contributed by atoms with Crippen molar-refractivity contribution < 1.29 is 14.7 Å². The SMILES string of the molecule is O=C(O)c1ccc(-c2ccccc2)c(NC(=O)[C@@H]2CN3CCC2CC3)c1. The number of rotatable bonds is 4. The number of carbonyl (C=O) groups excluding carboxylic acids is 1. The summed E-state index contributed by atoms with van der Waals surface area (Å²) in [5, 5.41) is 12.4. The largest absolute Gasteiger partial charge is 0.478 e. The molecule has 2 bridgehead atoms. The van der Waals surface area contributed by atoms with Crippen molar-refractivity contribution >= 4 is 17.6 Å². The first-order chi connectivity index (χ1) is 12.6. The minimum atomic E-state index is -0.997. The van der Waals surface area contributed by atoms with Crippen molar-refractivity contribution in [3.8, 4) is 11.1 Å². The minimum absolute atomic E-state index is 0.000815. The van der Waals surface area contributed by atoms with Crippen molar-refractivity contribution in [2.75, 3.05) is 25.0 Å². The minimum Gasteiger partial charge on any atom is -0.478 e. The van der Waals surface area contributed by atoms with Crippen LogP contribution in [-0.4, -0.2) is 41.5 Å². The van der Waals surface area contributed by atoms with Gasteiger partial charge >= 0.3 is 5.97 Å². The molecule has 3 heterocycles. The smallest absolute Gasteiger partial charge is 0.335 e. The molecule has 5 heteroatoms. The van der Waals surface area contributed by atoms with Gasteiger partial charge in [-0.05, 0) is 49.5 Å². The lowest BCUT2D eigenvalue weighted by molar-refractivity contribution is -0.125. The first-order valence-corrected chi connectivity index (χ1v) is 9.08. The van der Waals surface area contributed by atoms with Crippen LogP contribution in [0.4, 0.5) is 5.69 Å². The van der Waals surface area contributed by atoms with Crippen molar-refractivity contribution in [3.63, 3.8) is 0 Å². The average Bonchev–Trinajstić information content (AvgIpc) is 2.69. The Morgan fingerprint density at radius 1 is 1.04 bits per heavy atom. The highest BCUT2D eigenvalue weighted by atomic mass is 16.4. The van der Waals surface area contributed by atoms with Crippen molar-refractivity contribution in [1.29, 1.82) is 0 Å². The molecule has 3 fully saturated rings. The van der Waals surface area contributed by atoms with Gasteiger partial charge in [0.15, 0.2) is 0 Å². The van der Waals surface area contributed by atoms with E-state index in [1.165, 1.54) is 0 Å². The number of hydrogen-bond donors (Lipinski definition) is 2. The van der Waals surface area contributed by atoms with Gasteiger partial charge < -0.3 is 15.3 Å². The van der Waals surface area contributed by atoms with Crippen LogP contribution in [0.15, 0.2) is 48.5 Å². The fourth-order valence-corrected chi connectivity index (χ4v) is 4.14.